The van der Waals surface area contributed by atoms with Crippen LogP contribution in [0.3, 0.4) is 0 Å². The molecule has 0 spiro atoms. The predicted octanol–water partition coefficient (Wildman–Crippen LogP) is 4.11. The first kappa shape index (κ1) is 18.1. The molecule has 1 heterocycles. The number of amides is 2. The zero-order valence-corrected chi connectivity index (χ0v) is 14.7. The Morgan fingerprint density at radius 1 is 0.889 bits per heavy atom. The van der Waals surface area contributed by atoms with E-state index in [1.54, 1.807) is 48.5 Å². The molecule has 1 aromatic heterocycles. The van der Waals surface area contributed by atoms with Crippen molar-refractivity contribution in [2.24, 2.45) is 0 Å². The maximum Gasteiger partial charge on any atom is 0.257 e. The third-order valence-corrected chi connectivity index (χ3v) is 4.01. The van der Waals surface area contributed by atoms with Gasteiger partial charge in [-0.2, -0.15) is 5.26 Å². The minimum atomic E-state index is -0.474. The number of hydrogen-bond acceptors (Lipinski definition) is 4. The summed E-state index contributed by atoms with van der Waals surface area (Å²) >= 11 is 6.04. The van der Waals surface area contributed by atoms with Gasteiger partial charge in [-0.3, -0.25) is 14.6 Å². The Kier molecular flexibility index (Phi) is 5.45. The summed E-state index contributed by atoms with van der Waals surface area (Å²) in [5, 5.41) is 14.8. The summed E-state index contributed by atoms with van der Waals surface area (Å²) in [5.74, 6) is -0.916. The Bertz CT molecular complexity index is 1060. The van der Waals surface area contributed by atoms with Crippen molar-refractivity contribution in [3.8, 4) is 6.07 Å². The smallest absolute Gasteiger partial charge is 0.257 e. The van der Waals surface area contributed by atoms with E-state index in [-0.39, 0.29) is 11.1 Å². The topological polar surface area (TPSA) is 94.9 Å². The number of nitrogens with one attached hydrogen (secondary N) is 2. The van der Waals surface area contributed by atoms with E-state index in [0.717, 1.165) is 0 Å². The second-order valence-electron chi connectivity index (χ2n) is 5.51. The number of halogens is 1. The summed E-state index contributed by atoms with van der Waals surface area (Å²) in [4.78, 5) is 28.8. The highest BCUT2D eigenvalue weighted by atomic mass is 35.5. The van der Waals surface area contributed by atoms with Gasteiger partial charge < -0.3 is 10.6 Å². The quantitative estimate of drug-likeness (QED) is 0.716. The summed E-state index contributed by atoms with van der Waals surface area (Å²) in [6.45, 7) is 0. The Labute approximate surface area is 160 Å². The summed E-state index contributed by atoms with van der Waals surface area (Å²) in [6, 6.07) is 16.9. The molecule has 0 radical (unpaired) electrons. The van der Waals surface area contributed by atoms with Crippen molar-refractivity contribution in [3.05, 3.63) is 88.7 Å². The van der Waals surface area contributed by atoms with Gasteiger partial charge in [0.1, 0.15) is 6.07 Å². The van der Waals surface area contributed by atoms with Crippen LogP contribution in [0.2, 0.25) is 5.02 Å². The van der Waals surface area contributed by atoms with E-state index in [9.17, 15) is 9.59 Å². The highest BCUT2D eigenvalue weighted by Crippen LogP contribution is 2.21. The van der Waals surface area contributed by atoms with E-state index in [1.165, 1.54) is 18.5 Å². The van der Waals surface area contributed by atoms with Crippen LogP contribution in [0.1, 0.15) is 26.3 Å². The fourth-order valence-corrected chi connectivity index (χ4v) is 2.51. The molecule has 7 heteroatoms. The van der Waals surface area contributed by atoms with Gasteiger partial charge in [0.05, 0.1) is 33.1 Å². The van der Waals surface area contributed by atoms with Crippen molar-refractivity contribution in [1.82, 2.24) is 4.98 Å². The fourth-order valence-electron chi connectivity index (χ4n) is 2.33. The first-order chi connectivity index (χ1) is 13.1. The molecule has 6 nitrogen and oxygen atoms in total. The third kappa shape index (κ3) is 4.29. The molecule has 0 aliphatic carbocycles. The molecule has 0 aliphatic rings. The molecule has 0 saturated heterocycles. The van der Waals surface area contributed by atoms with Crippen molar-refractivity contribution in [3.63, 3.8) is 0 Å². The van der Waals surface area contributed by atoms with Crippen LogP contribution in [0.15, 0.2) is 67.0 Å². The number of nitrogens with zero attached hydrogens (tertiary/aromatic N) is 2. The summed E-state index contributed by atoms with van der Waals surface area (Å²) in [6.07, 6.45) is 2.70. The van der Waals surface area contributed by atoms with Gasteiger partial charge in [-0.05, 0) is 30.3 Å². The molecule has 0 bridgehead atoms. The van der Waals surface area contributed by atoms with Gasteiger partial charge in [0.2, 0.25) is 0 Å². The average Bonchev–Trinajstić information content (AvgIpc) is 2.70. The van der Waals surface area contributed by atoms with Gasteiger partial charge >= 0.3 is 0 Å². The molecule has 0 fully saturated rings. The monoisotopic (exact) mass is 376 g/mol. The normalized spacial score (nSPS) is 9.93. The van der Waals surface area contributed by atoms with Crippen LogP contribution >= 0.6 is 11.6 Å². The summed E-state index contributed by atoms with van der Waals surface area (Å²) in [7, 11) is 0. The van der Waals surface area contributed by atoms with Crippen molar-refractivity contribution in [2.45, 2.75) is 0 Å². The van der Waals surface area contributed by atoms with Gasteiger partial charge in [0.15, 0.2) is 0 Å². The lowest BCUT2D eigenvalue weighted by atomic mass is 10.1. The van der Waals surface area contributed by atoms with Crippen molar-refractivity contribution >= 4 is 34.8 Å². The molecule has 132 valence electrons. The first-order valence-corrected chi connectivity index (χ1v) is 8.27. The molecule has 2 N–H and O–H groups in total. The standard InChI is InChI=1S/C20H13ClN4O2/c21-16-6-2-4-8-18(16)25-20(27)15-9-14(11-23-12-15)19(26)24-17-7-3-1-5-13(17)10-22/h1-9,11-12H,(H,24,26)(H,25,27). The number of para-hydroxylation sites is 2. The van der Waals surface area contributed by atoms with E-state index in [1.807, 2.05) is 6.07 Å². The molecule has 0 aliphatic heterocycles. The molecular weight excluding hydrogens is 364 g/mol. The van der Waals surface area contributed by atoms with Gasteiger partial charge in [-0.1, -0.05) is 35.9 Å². The van der Waals surface area contributed by atoms with E-state index in [0.29, 0.717) is 22.0 Å². The number of anilines is 2. The average molecular weight is 377 g/mol. The molecule has 2 aromatic carbocycles. The molecule has 0 atom stereocenters. The molecule has 0 unspecified atom stereocenters. The Balaban J connectivity index is 1.79. The number of nitriles is 1. The van der Waals surface area contributed by atoms with Gasteiger partial charge in [0, 0.05) is 12.4 Å². The van der Waals surface area contributed by atoms with Crippen LogP contribution in [0.5, 0.6) is 0 Å². The molecule has 3 aromatic rings. The predicted molar refractivity (Wildman–Crippen MR) is 103 cm³/mol. The van der Waals surface area contributed by atoms with E-state index in [2.05, 4.69) is 15.6 Å². The molecule has 2 amide bonds. The molecule has 0 saturated carbocycles. The highest BCUT2D eigenvalue weighted by molar-refractivity contribution is 6.33. The van der Waals surface area contributed by atoms with Crippen LogP contribution in [0, 0.1) is 11.3 Å². The molecule has 27 heavy (non-hydrogen) atoms. The maximum absolute atomic E-state index is 12.5. The van der Waals surface area contributed by atoms with E-state index >= 15 is 0 Å². The Morgan fingerprint density at radius 2 is 1.44 bits per heavy atom. The number of carbonyl (C=O) groups is 2. The lowest BCUT2D eigenvalue weighted by Crippen LogP contribution is -2.16. The largest absolute Gasteiger partial charge is 0.321 e. The fraction of sp³-hybridized carbons (Fsp3) is 0. The number of hydrogen-bond donors (Lipinski definition) is 2. The minimum Gasteiger partial charge on any atom is -0.321 e. The third-order valence-electron chi connectivity index (χ3n) is 3.68. The molecular formula is C20H13ClN4O2. The zero-order valence-electron chi connectivity index (χ0n) is 13.9. The maximum atomic E-state index is 12.5. The van der Waals surface area contributed by atoms with Gasteiger partial charge in [-0.15, -0.1) is 0 Å². The van der Waals surface area contributed by atoms with Crippen LogP contribution < -0.4 is 10.6 Å². The number of rotatable bonds is 4. The van der Waals surface area contributed by atoms with Crippen LogP contribution in [0.25, 0.3) is 0 Å². The first-order valence-electron chi connectivity index (χ1n) is 7.90. The Hall–Kier alpha value is -3.69. The lowest BCUT2D eigenvalue weighted by molar-refractivity contribution is 0.102. The van der Waals surface area contributed by atoms with Gasteiger partial charge in [0.25, 0.3) is 11.8 Å². The van der Waals surface area contributed by atoms with E-state index < -0.39 is 11.8 Å². The van der Waals surface area contributed by atoms with Crippen LogP contribution in [-0.4, -0.2) is 16.8 Å². The number of benzene rings is 2. The second kappa shape index (κ2) is 8.13. The van der Waals surface area contributed by atoms with Crippen LogP contribution in [-0.2, 0) is 0 Å². The van der Waals surface area contributed by atoms with Gasteiger partial charge in [-0.25, -0.2) is 0 Å². The summed E-state index contributed by atoms with van der Waals surface area (Å²) < 4.78 is 0. The number of pyridine rings is 1. The zero-order chi connectivity index (χ0) is 19.2. The SMILES string of the molecule is N#Cc1ccccc1NC(=O)c1cncc(C(=O)Nc2ccccc2Cl)c1. The van der Waals surface area contributed by atoms with Crippen LogP contribution in [0.4, 0.5) is 11.4 Å². The van der Waals surface area contributed by atoms with E-state index in [4.69, 9.17) is 16.9 Å². The lowest BCUT2D eigenvalue weighted by Gasteiger charge is -2.09. The Morgan fingerprint density at radius 3 is 2.07 bits per heavy atom. The summed E-state index contributed by atoms with van der Waals surface area (Å²) in [5.41, 5.74) is 1.58. The van der Waals surface area contributed by atoms with Crippen molar-refractivity contribution in [2.75, 3.05) is 10.6 Å². The highest BCUT2D eigenvalue weighted by Gasteiger charge is 2.14. The minimum absolute atomic E-state index is 0.189. The van der Waals surface area contributed by atoms with Crippen molar-refractivity contribution < 1.29 is 9.59 Å². The number of aromatic nitrogens is 1. The number of carbonyl (C=O) groups excluding carboxylic acids is 2. The van der Waals surface area contributed by atoms with Crippen molar-refractivity contribution in [1.29, 1.82) is 5.26 Å². The molecule has 3 rings (SSSR count). The second-order valence-corrected chi connectivity index (χ2v) is 5.91.